The van der Waals surface area contributed by atoms with E-state index in [1.807, 2.05) is 18.2 Å². The molecule has 0 aliphatic carbocycles. The first kappa shape index (κ1) is 12.2. The number of ether oxygens (including phenoxy) is 1. The van der Waals surface area contributed by atoms with Gasteiger partial charge in [0.15, 0.2) is 11.6 Å². The predicted octanol–water partition coefficient (Wildman–Crippen LogP) is 3.32. The molecule has 0 aliphatic heterocycles. The van der Waals surface area contributed by atoms with E-state index in [1.165, 1.54) is 6.07 Å². The summed E-state index contributed by atoms with van der Waals surface area (Å²) in [6, 6.07) is 12.0. The fourth-order valence-electron chi connectivity index (χ4n) is 1.43. The van der Waals surface area contributed by atoms with Crippen LogP contribution in [-0.4, -0.2) is 5.97 Å². The summed E-state index contributed by atoms with van der Waals surface area (Å²) in [6.45, 7) is 0.0959. The zero-order valence-corrected chi connectivity index (χ0v) is 9.40. The first-order chi connectivity index (χ1) is 8.66. The first-order valence-electron chi connectivity index (χ1n) is 5.33. The first-order valence-corrected chi connectivity index (χ1v) is 5.33. The second-order valence-corrected chi connectivity index (χ2v) is 3.69. The van der Waals surface area contributed by atoms with Gasteiger partial charge in [-0.15, -0.1) is 0 Å². The van der Waals surface area contributed by atoms with E-state index in [0.29, 0.717) is 0 Å². The summed E-state index contributed by atoms with van der Waals surface area (Å²) in [5, 5.41) is 0. The van der Waals surface area contributed by atoms with Crippen molar-refractivity contribution >= 4 is 5.97 Å². The van der Waals surface area contributed by atoms with Gasteiger partial charge >= 0.3 is 5.97 Å². The number of esters is 1. The monoisotopic (exact) mass is 248 g/mol. The number of hydrogen-bond donors (Lipinski definition) is 0. The molecule has 0 radical (unpaired) electrons. The van der Waals surface area contributed by atoms with Crippen molar-refractivity contribution in [1.29, 1.82) is 0 Å². The quantitative estimate of drug-likeness (QED) is 0.779. The summed E-state index contributed by atoms with van der Waals surface area (Å²) in [5.41, 5.74) is 0.818. The third-order valence-electron chi connectivity index (χ3n) is 2.37. The van der Waals surface area contributed by atoms with Crippen LogP contribution < -0.4 is 0 Å². The summed E-state index contributed by atoms with van der Waals surface area (Å²) >= 11 is 0. The average molecular weight is 248 g/mol. The Morgan fingerprint density at radius 1 is 1.00 bits per heavy atom. The van der Waals surface area contributed by atoms with Gasteiger partial charge in [0.25, 0.3) is 0 Å². The second-order valence-electron chi connectivity index (χ2n) is 3.69. The average Bonchev–Trinajstić information content (AvgIpc) is 2.40. The minimum Gasteiger partial charge on any atom is -0.457 e. The van der Waals surface area contributed by atoms with Crippen LogP contribution in [0.15, 0.2) is 48.5 Å². The second kappa shape index (κ2) is 5.40. The molecular weight excluding hydrogens is 238 g/mol. The largest absolute Gasteiger partial charge is 0.457 e. The van der Waals surface area contributed by atoms with Gasteiger partial charge in [-0.2, -0.15) is 0 Å². The molecule has 2 nitrogen and oxygen atoms in total. The molecule has 0 bridgehead atoms. The smallest absolute Gasteiger partial charge is 0.338 e. The lowest BCUT2D eigenvalue weighted by molar-refractivity contribution is 0.0472. The molecule has 0 heterocycles. The number of carbonyl (C=O) groups excluding carboxylic acids is 1. The van der Waals surface area contributed by atoms with Crippen LogP contribution in [0.3, 0.4) is 0 Å². The topological polar surface area (TPSA) is 26.3 Å². The summed E-state index contributed by atoms with van der Waals surface area (Å²) in [7, 11) is 0. The normalized spacial score (nSPS) is 10.1. The fourth-order valence-corrected chi connectivity index (χ4v) is 1.43. The van der Waals surface area contributed by atoms with Crippen LogP contribution in [0.5, 0.6) is 0 Å². The fraction of sp³-hybridized carbons (Fsp3) is 0.0714. The Balaban J connectivity index is 2.02. The third-order valence-corrected chi connectivity index (χ3v) is 2.37. The van der Waals surface area contributed by atoms with Gasteiger partial charge in [-0.25, -0.2) is 13.6 Å². The number of halogens is 2. The summed E-state index contributed by atoms with van der Waals surface area (Å²) in [4.78, 5) is 11.6. The Morgan fingerprint density at radius 2 is 1.72 bits per heavy atom. The van der Waals surface area contributed by atoms with Gasteiger partial charge < -0.3 is 4.74 Å². The molecule has 2 aromatic rings. The molecular formula is C14H10F2O2. The van der Waals surface area contributed by atoms with Crippen molar-refractivity contribution < 1.29 is 18.3 Å². The molecule has 0 saturated carbocycles. The highest BCUT2D eigenvalue weighted by molar-refractivity contribution is 5.89. The van der Waals surface area contributed by atoms with Crippen molar-refractivity contribution in [3.63, 3.8) is 0 Å². The highest BCUT2D eigenvalue weighted by Crippen LogP contribution is 2.11. The highest BCUT2D eigenvalue weighted by Gasteiger charge is 2.10. The van der Waals surface area contributed by atoms with Gasteiger partial charge in [0.05, 0.1) is 5.56 Å². The molecule has 18 heavy (non-hydrogen) atoms. The van der Waals surface area contributed by atoms with E-state index in [2.05, 4.69) is 0 Å². The SMILES string of the molecule is O=C(OCc1ccccc1)c1ccc(F)c(F)c1. The molecule has 0 fully saturated rings. The molecule has 0 spiro atoms. The minimum absolute atomic E-state index is 0.00942. The van der Waals surface area contributed by atoms with Crippen molar-refractivity contribution in [2.24, 2.45) is 0 Å². The van der Waals surface area contributed by atoms with Crippen LogP contribution >= 0.6 is 0 Å². The Kier molecular flexibility index (Phi) is 3.67. The lowest BCUT2D eigenvalue weighted by Crippen LogP contribution is -2.06. The van der Waals surface area contributed by atoms with Crippen molar-refractivity contribution in [2.75, 3.05) is 0 Å². The van der Waals surface area contributed by atoms with Crippen LogP contribution in [0.1, 0.15) is 15.9 Å². The summed E-state index contributed by atoms with van der Waals surface area (Å²) in [6.07, 6.45) is 0. The van der Waals surface area contributed by atoms with Crippen molar-refractivity contribution in [2.45, 2.75) is 6.61 Å². The molecule has 0 unspecified atom stereocenters. The van der Waals surface area contributed by atoms with Crippen LogP contribution in [0, 0.1) is 11.6 Å². The van der Waals surface area contributed by atoms with E-state index in [9.17, 15) is 13.6 Å². The standard InChI is InChI=1S/C14H10F2O2/c15-12-7-6-11(8-13(12)16)14(17)18-9-10-4-2-1-3-5-10/h1-8H,9H2. The van der Waals surface area contributed by atoms with Crippen LogP contribution in [-0.2, 0) is 11.3 Å². The van der Waals surface area contributed by atoms with Crippen LogP contribution in [0.25, 0.3) is 0 Å². The Labute approximate surface area is 103 Å². The van der Waals surface area contributed by atoms with Gasteiger partial charge in [-0.1, -0.05) is 30.3 Å². The van der Waals surface area contributed by atoms with Crippen molar-refractivity contribution in [1.82, 2.24) is 0 Å². The highest BCUT2D eigenvalue weighted by atomic mass is 19.2. The molecule has 92 valence electrons. The Morgan fingerprint density at radius 3 is 2.39 bits per heavy atom. The Hall–Kier alpha value is -2.23. The molecule has 4 heteroatoms. The number of benzene rings is 2. The Bertz CT molecular complexity index is 553. The van der Waals surface area contributed by atoms with Crippen LogP contribution in [0.2, 0.25) is 0 Å². The van der Waals surface area contributed by atoms with E-state index >= 15 is 0 Å². The third kappa shape index (κ3) is 2.91. The maximum Gasteiger partial charge on any atom is 0.338 e. The molecule has 0 amide bonds. The van der Waals surface area contributed by atoms with E-state index in [1.54, 1.807) is 12.1 Å². The molecule has 0 aliphatic rings. The van der Waals surface area contributed by atoms with Crippen molar-refractivity contribution in [3.05, 3.63) is 71.3 Å². The van der Waals surface area contributed by atoms with Gasteiger partial charge in [-0.05, 0) is 23.8 Å². The zero-order valence-electron chi connectivity index (χ0n) is 9.40. The predicted molar refractivity (Wildman–Crippen MR) is 61.9 cm³/mol. The lowest BCUT2D eigenvalue weighted by Gasteiger charge is -2.05. The molecule has 0 atom stereocenters. The number of carbonyl (C=O) groups is 1. The van der Waals surface area contributed by atoms with E-state index in [4.69, 9.17) is 4.74 Å². The van der Waals surface area contributed by atoms with Gasteiger partial charge in [0.1, 0.15) is 6.61 Å². The van der Waals surface area contributed by atoms with Crippen molar-refractivity contribution in [3.8, 4) is 0 Å². The summed E-state index contributed by atoms with van der Waals surface area (Å²) in [5.74, 6) is -2.74. The van der Waals surface area contributed by atoms with Gasteiger partial charge in [0.2, 0.25) is 0 Å². The van der Waals surface area contributed by atoms with Crippen LogP contribution in [0.4, 0.5) is 8.78 Å². The number of hydrogen-bond acceptors (Lipinski definition) is 2. The van der Waals surface area contributed by atoms with Gasteiger partial charge in [0, 0.05) is 0 Å². The number of rotatable bonds is 3. The van der Waals surface area contributed by atoms with E-state index in [0.717, 1.165) is 17.7 Å². The van der Waals surface area contributed by atoms with Gasteiger partial charge in [-0.3, -0.25) is 0 Å². The molecule has 0 saturated heterocycles. The van der Waals surface area contributed by atoms with E-state index < -0.39 is 17.6 Å². The summed E-state index contributed by atoms with van der Waals surface area (Å²) < 4.78 is 30.6. The maximum atomic E-state index is 12.9. The lowest BCUT2D eigenvalue weighted by atomic mass is 10.2. The zero-order chi connectivity index (χ0) is 13.0. The molecule has 2 rings (SSSR count). The minimum atomic E-state index is -1.07. The van der Waals surface area contributed by atoms with E-state index in [-0.39, 0.29) is 12.2 Å². The molecule has 0 aromatic heterocycles. The molecule has 0 N–H and O–H groups in total. The maximum absolute atomic E-state index is 12.9. The molecule has 2 aromatic carbocycles.